The Morgan fingerprint density at radius 3 is 2.42 bits per heavy atom. The molecule has 108 valence electrons. The van der Waals surface area contributed by atoms with E-state index in [1.807, 2.05) is 0 Å². The van der Waals surface area contributed by atoms with Crippen LogP contribution in [0, 0.1) is 0 Å². The van der Waals surface area contributed by atoms with Gasteiger partial charge in [-0.05, 0) is 6.07 Å². The normalized spacial score (nSPS) is 10.6. The fourth-order valence-electron chi connectivity index (χ4n) is 1.33. The largest absolute Gasteiger partial charge is 0.491 e. The van der Waals surface area contributed by atoms with Gasteiger partial charge in [-0.2, -0.15) is 0 Å². The maximum absolute atomic E-state index is 5.78. The first kappa shape index (κ1) is 16.2. The van der Waals surface area contributed by atoms with Gasteiger partial charge in [0, 0.05) is 25.1 Å². The van der Waals surface area contributed by atoms with E-state index < -0.39 is 0 Å². The Balaban J connectivity index is 2.01. The third kappa shape index (κ3) is 7.32. The van der Waals surface area contributed by atoms with Crippen LogP contribution >= 0.6 is 11.6 Å². The van der Waals surface area contributed by atoms with Gasteiger partial charge in [0.15, 0.2) is 0 Å². The van der Waals surface area contributed by atoms with Gasteiger partial charge in [0.05, 0.1) is 38.9 Å². The Bertz CT molecular complexity index is 338. The summed E-state index contributed by atoms with van der Waals surface area (Å²) in [5.41, 5.74) is 0.882. The molecule has 19 heavy (non-hydrogen) atoms. The van der Waals surface area contributed by atoms with Crippen LogP contribution in [-0.2, 0) is 20.1 Å². The van der Waals surface area contributed by atoms with E-state index in [1.165, 1.54) is 0 Å². The zero-order valence-electron chi connectivity index (χ0n) is 11.1. The number of ether oxygens (including phenoxy) is 4. The highest BCUT2D eigenvalue weighted by Gasteiger charge is 2.01. The molecule has 1 aromatic rings. The van der Waals surface area contributed by atoms with Gasteiger partial charge in [-0.25, -0.2) is 0 Å². The maximum Gasteiger partial charge on any atom is 0.126 e. The van der Waals surface area contributed by atoms with Crippen LogP contribution < -0.4 is 4.74 Å². The number of nitrogens with zero attached hydrogens (tertiary/aromatic N) is 1. The van der Waals surface area contributed by atoms with Gasteiger partial charge in [0.1, 0.15) is 12.4 Å². The molecule has 0 spiro atoms. The SMILES string of the molecule is COCCOCCOCCOc1ccncc1CCl. The van der Waals surface area contributed by atoms with Crippen LogP contribution in [0.3, 0.4) is 0 Å². The Kier molecular flexibility index (Phi) is 9.36. The molecule has 0 unspecified atom stereocenters. The molecule has 0 aliphatic heterocycles. The summed E-state index contributed by atoms with van der Waals surface area (Å²) in [6, 6.07) is 1.80. The maximum atomic E-state index is 5.78. The third-order valence-electron chi connectivity index (χ3n) is 2.29. The van der Waals surface area contributed by atoms with Crippen molar-refractivity contribution in [3.05, 3.63) is 24.0 Å². The number of hydrogen-bond donors (Lipinski definition) is 0. The van der Waals surface area contributed by atoms with Gasteiger partial charge < -0.3 is 18.9 Å². The fraction of sp³-hybridized carbons (Fsp3) is 0.615. The predicted molar refractivity (Wildman–Crippen MR) is 72.8 cm³/mol. The molecule has 0 saturated heterocycles. The minimum absolute atomic E-state index is 0.386. The van der Waals surface area contributed by atoms with Crippen LogP contribution in [0.1, 0.15) is 5.56 Å². The summed E-state index contributed by atoms with van der Waals surface area (Å²) in [6.07, 6.45) is 3.38. The molecule has 0 aliphatic rings. The van der Waals surface area contributed by atoms with Crippen LogP contribution in [-0.4, -0.2) is 51.7 Å². The predicted octanol–water partition coefficient (Wildman–Crippen LogP) is 1.88. The van der Waals surface area contributed by atoms with Crippen LogP contribution in [0.15, 0.2) is 18.5 Å². The van der Waals surface area contributed by atoms with E-state index in [9.17, 15) is 0 Å². The minimum Gasteiger partial charge on any atom is -0.491 e. The molecular weight excluding hydrogens is 270 g/mol. The molecule has 5 nitrogen and oxygen atoms in total. The van der Waals surface area contributed by atoms with Crippen molar-refractivity contribution in [2.45, 2.75) is 5.88 Å². The lowest BCUT2D eigenvalue weighted by Gasteiger charge is -2.09. The minimum atomic E-state index is 0.386. The number of halogens is 1. The molecule has 1 rings (SSSR count). The van der Waals surface area contributed by atoms with Crippen LogP contribution in [0.5, 0.6) is 5.75 Å². The number of alkyl halides is 1. The molecule has 6 heteroatoms. The summed E-state index contributed by atoms with van der Waals surface area (Å²) in [5.74, 6) is 1.14. The highest BCUT2D eigenvalue weighted by atomic mass is 35.5. The molecule has 0 aliphatic carbocycles. The van der Waals surface area contributed by atoms with Crippen molar-refractivity contribution in [2.75, 3.05) is 46.8 Å². The van der Waals surface area contributed by atoms with Gasteiger partial charge in [-0.1, -0.05) is 0 Å². The standard InChI is InChI=1S/C13H20ClNO4/c1-16-4-5-17-6-7-18-8-9-19-13-2-3-15-11-12(13)10-14/h2-3,11H,4-10H2,1H3. The van der Waals surface area contributed by atoms with E-state index in [0.29, 0.717) is 45.5 Å². The second-order valence-electron chi connectivity index (χ2n) is 3.68. The Morgan fingerprint density at radius 1 is 1.05 bits per heavy atom. The number of rotatable bonds is 11. The van der Waals surface area contributed by atoms with E-state index in [4.69, 9.17) is 30.5 Å². The van der Waals surface area contributed by atoms with Crippen LogP contribution in [0.4, 0.5) is 0 Å². The van der Waals surface area contributed by atoms with Crippen molar-refractivity contribution < 1.29 is 18.9 Å². The van der Waals surface area contributed by atoms with E-state index in [-0.39, 0.29) is 0 Å². The smallest absolute Gasteiger partial charge is 0.126 e. The zero-order chi connectivity index (χ0) is 13.8. The van der Waals surface area contributed by atoms with Crippen molar-refractivity contribution in [1.29, 1.82) is 0 Å². The summed E-state index contributed by atoms with van der Waals surface area (Å²) in [6.45, 7) is 3.29. The first-order valence-electron chi connectivity index (χ1n) is 6.14. The van der Waals surface area contributed by atoms with Gasteiger partial charge >= 0.3 is 0 Å². The molecule has 1 heterocycles. The van der Waals surface area contributed by atoms with E-state index in [1.54, 1.807) is 25.6 Å². The van der Waals surface area contributed by atoms with Crippen molar-refractivity contribution >= 4 is 11.6 Å². The number of methoxy groups -OCH3 is 1. The summed E-state index contributed by atoms with van der Waals surface area (Å²) in [5, 5.41) is 0. The van der Waals surface area contributed by atoms with E-state index in [0.717, 1.165) is 11.3 Å². The number of aromatic nitrogens is 1. The molecule has 0 radical (unpaired) electrons. The van der Waals surface area contributed by atoms with Crippen LogP contribution in [0.25, 0.3) is 0 Å². The second-order valence-corrected chi connectivity index (χ2v) is 3.95. The molecule has 0 N–H and O–H groups in total. The second kappa shape index (κ2) is 11.0. The lowest BCUT2D eigenvalue weighted by molar-refractivity contribution is 0.0179. The summed E-state index contributed by atoms with van der Waals surface area (Å²) >= 11 is 5.78. The average Bonchev–Trinajstić information content (AvgIpc) is 2.46. The fourth-order valence-corrected chi connectivity index (χ4v) is 1.53. The Labute approximate surface area is 118 Å². The molecular formula is C13H20ClNO4. The number of pyridine rings is 1. The lowest BCUT2D eigenvalue weighted by Crippen LogP contribution is -2.12. The van der Waals surface area contributed by atoms with E-state index >= 15 is 0 Å². The van der Waals surface area contributed by atoms with Crippen molar-refractivity contribution in [3.8, 4) is 5.75 Å². The molecule has 1 aromatic heterocycles. The summed E-state index contributed by atoms with van der Waals surface area (Å²) in [4.78, 5) is 3.99. The topological polar surface area (TPSA) is 49.8 Å². The highest BCUT2D eigenvalue weighted by Crippen LogP contribution is 2.18. The summed E-state index contributed by atoms with van der Waals surface area (Å²) in [7, 11) is 1.64. The van der Waals surface area contributed by atoms with Gasteiger partial charge in [0.25, 0.3) is 0 Å². The molecule has 0 fully saturated rings. The average molecular weight is 290 g/mol. The highest BCUT2D eigenvalue weighted by molar-refractivity contribution is 6.17. The quantitative estimate of drug-likeness (QED) is 0.460. The van der Waals surface area contributed by atoms with Gasteiger partial charge in [-0.15, -0.1) is 11.6 Å². The van der Waals surface area contributed by atoms with Crippen molar-refractivity contribution in [2.24, 2.45) is 0 Å². The Hall–Kier alpha value is -0.880. The molecule has 0 aromatic carbocycles. The Morgan fingerprint density at radius 2 is 1.74 bits per heavy atom. The van der Waals surface area contributed by atoms with Crippen molar-refractivity contribution in [1.82, 2.24) is 4.98 Å². The summed E-state index contributed by atoms with van der Waals surface area (Å²) < 4.78 is 21.0. The lowest BCUT2D eigenvalue weighted by atomic mass is 10.3. The van der Waals surface area contributed by atoms with Gasteiger partial charge in [0.2, 0.25) is 0 Å². The van der Waals surface area contributed by atoms with E-state index in [2.05, 4.69) is 4.98 Å². The van der Waals surface area contributed by atoms with Gasteiger partial charge in [-0.3, -0.25) is 4.98 Å². The monoisotopic (exact) mass is 289 g/mol. The van der Waals surface area contributed by atoms with Crippen LogP contribution in [0.2, 0.25) is 0 Å². The first-order valence-corrected chi connectivity index (χ1v) is 6.68. The molecule has 0 atom stereocenters. The zero-order valence-corrected chi connectivity index (χ0v) is 11.9. The first-order chi connectivity index (χ1) is 9.38. The molecule has 0 saturated carbocycles. The molecule has 0 bridgehead atoms. The number of hydrogen-bond acceptors (Lipinski definition) is 5. The third-order valence-corrected chi connectivity index (χ3v) is 2.58. The molecule has 0 amide bonds. The van der Waals surface area contributed by atoms with Crippen molar-refractivity contribution in [3.63, 3.8) is 0 Å².